The molecule has 0 atom stereocenters. The minimum Gasteiger partial charge on any atom is -0.422 e. The molecule has 0 aliphatic carbocycles. The Labute approximate surface area is 201 Å². The molecule has 3 aromatic heterocycles. The number of nitrogens with zero attached hydrogens (tertiary/aromatic N) is 3. The normalized spacial score (nSPS) is 11.3. The van der Waals surface area contributed by atoms with Gasteiger partial charge in [-0.2, -0.15) is 0 Å². The van der Waals surface area contributed by atoms with Crippen LogP contribution >= 0.6 is 11.3 Å². The smallest absolute Gasteiger partial charge is 0.349 e. The van der Waals surface area contributed by atoms with Gasteiger partial charge in [0.15, 0.2) is 5.13 Å². The van der Waals surface area contributed by atoms with Crippen molar-refractivity contribution < 1.29 is 13.6 Å². The lowest BCUT2D eigenvalue weighted by Crippen LogP contribution is -2.33. The second-order valence-electron chi connectivity index (χ2n) is 8.01. The van der Waals surface area contributed by atoms with Crippen LogP contribution in [0, 0.1) is 5.82 Å². The van der Waals surface area contributed by atoms with Crippen molar-refractivity contribution in [2.45, 2.75) is 6.54 Å². The van der Waals surface area contributed by atoms with Gasteiger partial charge in [0, 0.05) is 17.8 Å². The number of rotatable bonds is 4. The van der Waals surface area contributed by atoms with E-state index in [1.54, 1.807) is 36.7 Å². The first-order chi connectivity index (χ1) is 17.1. The van der Waals surface area contributed by atoms with Gasteiger partial charge in [-0.3, -0.25) is 14.7 Å². The van der Waals surface area contributed by atoms with E-state index < -0.39 is 11.5 Å². The van der Waals surface area contributed by atoms with Crippen molar-refractivity contribution in [2.24, 2.45) is 0 Å². The average Bonchev–Trinajstić information content (AvgIpc) is 3.30. The van der Waals surface area contributed by atoms with Gasteiger partial charge in [0.25, 0.3) is 5.91 Å². The number of fused-ring (bicyclic) bond motifs is 4. The highest BCUT2D eigenvalue weighted by Crippen LogP contribution is 2.32. The number of hydrogen-bond acceptors (Lipinski definition) is 6. The van der Waals surface area contributed by atoms with Crippen LogP contribution in [-0.2, 0) is 6.54 Å². The van der Waals surface area contributed by atoms with Crippen molar-refractivity contribution in [3.05, 3.63) is 113 Å². The lowest BCUT2D eigenvalue weighted by molar-refractivity contribution is 0.0981. The molecule has 0 spiro atoms. The second-order valence-corrected chi connectivity index (χ2v) is 9.02. The van der Waals surface area contributed by atoms with Gasteiger partial charge < -0.3 is 4.42 Å². The number of anilines is 1. The van der Waals surface area contributed by atoms with Gasteiger partial charge in [-0.1, -0.05) is 47.7 Å². The zero-order valence-electron chi connectivity index (χ0n) is 18.1. The molecule has 0 radical (unpaired) electrons. The van der Waals surface area contributed by atoms with Crippen LogP contribution in [0.4, 0.5) is 9.52 Å². The van der Waals surface area contributed by atoms with Crippen LogP contribution < -0.4 is 10.5 Å². The number of hydrogen-bond donors (Lipinski definition) is 0. The molecule has 6 rings (SSSR count). The summed E-state index contributed by atoms with van der Waals surface area (Å²) in [7, 11) is 0. The molecular formula is C27H16FN3O3S. The van der Waals surface area contributed by atoms with Crippen LogP contribution in [0.3, 0.4) is 0 Å². The van der Waals surface area contributed by atoms with E-state index >= 15 is 0 Å². The number of carbonyl (C=O) groups excluding carboxylic acids is 1. The van der Waals surface area contributed by atoms with Gasteiger partial charge in [0.05, 0.1) is 16.8 Å². The highest BCUT2D eigenvalue weighted by molar-refractivity contribution is 7.22. The zero-order valence-corrected chi connectivity index (χ0v) is 19.0. The summed E-state index contributed by atoms with van der Waals surface area (Å²) in [6.45, 7) is 0.127. The first kappa shape index (κ1) is 21.1. The van der Waals surface area contributed by atoms with E-state index in [2.05, 4.69) is 9.97 Å². The van der Waals surface area contributed by atoms with E-state index in [4.69, 9.17) is 4.42 Å². The van der Waals surface area contributed by atoms with Gasteiger partial charge in [-0.25, -0.2) is 14.2 Å². The maximum Gasteiger partial charge on any atom is 0.349 e. The Bertz CT molecular complexity index is 1800. The fourth-order valence-corrected chi connectivity index (χ4v) is 5.06. The Morgan fingerprint density at radius 1 is 1.00 bits per heavy atom. The van der Waals surface area contributed by atoms with Crippen LogP contribution in [0.5, 0.6) is 0 Å². The van der Waals surface area contributed by atoms with Crippen molar-refractivity contribution in [3.63, 3.8) is 0 Å². The summed E-state index contributed by atoms with van der Waals surface area (Å²) in [6, 6.07) is 20.7. The van der Waals surface area contributed by atoms with E-state index in [9.17, 15) is 14.0 Å². The molecular weight excluding hydrogens is 465 g/mol. The molecule has 1 amide bonds. The van der Waals surface area contributed by atoms with E-state index in [0.29, 0.717) is 26.3 Å². The van der Waals surface area contributed by atoms with Crippen molar-refractivity contribution in [1.29, 1.82) is 0 Å². The molecule has 0 aliphatic rings. The van der Waals surface area contributed by atoms with E-state index in [1.807, 2.05) is 36.4 Å². The van der Waals surface area contributed by atoms with Crippen molar-refractivity contribution in [1.82, 2.24) is 9.97 Å². The molecule has 170 valence electrons. The summed E-state index contributed by atoms with van der Waals surface area (Å²) in [4.78, 5) is 36.8. The second kappa shape index (κ2) is 8.41. The quantitative estimate of drug-likeness (QED) is 0.230. The minimum absolute atomic E-state index is 0.108. The summed E-state index contributed by atoms with van der Waals surface area (Å²) in [6.07, 6.45) is 3.28. The fourth-order valence-electron chi connectivity index (χ4n) is 4.07. The predicted molar refractivity (Wildman–Crippen MR) is 134 cm³/mol. The third kappa shape index (κ3) is 3.83. The third-order valence-electron chi connectivity index (χ3n) is 5.75. The summed E-state index contributed by atoms with van der Waals surface area (Å²) >= 11 is 1.17. The molecule has 0 saturated carbocycles. The van der Waals surface area contributed by atoms with E-state index in [1.165, 1.54) is 28.4 Å². The lowest BCUT2D eigenvalue weighted by atomic mass is 10.0. The topological polar surface area (TPSA) is 76.3 Å². The van der Waals surface area contributed by atoms with Crippen LogP contribution in [0.15, 0.2) is 94.4 Å². The third-order valence-corrected chi connectivity index (χ3v) is 6.79. The number of halogens is 1. The molecule has 35 heavy (non-hydrogen) atoms. The number of pyridine rings is 1. The Morgan fingerprint density at radius 3 is 2.74 bits per heavy atom. The SMILES string of the molecule is O=C(c1cc2c(ccc3ccccc32)oc1=O)N(Cc1cccnc1)c1nc2ccc(F)cc2s1. The summed E-state index contributed by atoms with van der Waals surface area (Å²) in [5, 5.41) is 2.85. The molecule has 8 heteroatoms. The Hall–Kier alpha value is -4.43. The molecule has 3 heterocycles. The van der Waals surface area contributed by atoms with E-state index in [0.717, 1.165) is 16.3 Å². The van der Waals surface area contributed by atoms with Crippen LogP contribution in [0.1, 0.15) is 15.9 Å². The summed E-state index contributed by atoms with van der Waals surface area (Å²) in [5.74, 6) is -0.947. The molecule has 0 fully saturated rings. The average molecular weight is 482 g/mol. The number of aromatic nitrogens is 2. The Kier molecular flexibility index (Phi) is 5.08. The van der Waals surface area contributed by atoms with Gasteiger partial charge in [0.1, 0.15) is 17.0 Å². The standard InChI is InChI=1S/C27H16FN3O3S/c28-18-8-9-22-24(12-18)35-27(30-22)31(15-16-4-3-11-29-14-16)25(32)21-13-20-19-6-2-1-5-17(19)7-10-23(20)34-26(21)33/h1-14H,15H2. The number of amides is 1. The van der Waals surface area contributed by atoms with Crippen molar-refractivity contribution in [2.75, 3.05) is 4.90 Å². The van der Waals surface area contributed by atoms with E-state index in [-0.39, 0.29) is 17.9 Å². The van der Waals surface area contributed by atoms with Crippen molar-refractivity contribution >= 4 is 54.3 Å². The first-order valence-electron chi connectivity index (χ1n) is 10.8. The lowest BCUT2D eigenvalue weighted by Gasteiger charge is -2.19. The Balaban J connectivity index is 1.52. The number of carbonyl (C=O) groups is 1. The molecule has 0 saturated heterocycles. The maximum absolute atomic E-state index is 13.8. The molecule has 0 bridgehead atoms. The largest absolute Gasteiger partial charge is 0.422 e. The van der Waals surface area contributed by atoms with Gasteiger partial charge in [0.2, 0.25) is 0 Å². The predicted octanol–water partition coefficient (Wildman–Crippen LogP) is 5.94. The number of thiazole rings is 1. The monoisotopic (exact) mass is 481 g/mol. The highest BCUT2D eigenvalue weighted by atomic mass is 32.1. The van der Waals surface area contributed by atoms with Crippen LogP contribution in [0.2, 0.25) is 0 Å². The van der Waals surface area contributed by atoms with Gasteiger partial charge in [-0.05, 0) is 52.7 Å². The maximum atomic E-state index is 13.8. The minimum atomic E-state index is -0.735. The summed E-state index contributed by atoms with van der Waals surface area (Å²) < 4.78 is 19.9. The molecule has 0 aliphatic heterocycles. The number of benzene rings is 3. The van der Waals surface area contributed by atoms with Crippen molar-refractivity contribution in [3.8, 4) is 0 Å². The van der Waals surface area contributed by atoms with Gasteiger partial charge in [-0.15, -0.1) is 0 Å². The summed E-state index contributed by atoms with van der Waals surface area (Å²) in [5.41, 5.74) is 0.873. The molecule has 0 unspecified atom stereocenters. The molecule has 6 nitrogen and oxygen atoms in total. The molecule has 0 N–H and O–H groups in total. The van der Waals surface area contributed by atoms with Crippen LogP contribution in [0.25, 0.3) is 32.0 Å². The molecule has 3 aromatic carbocycles. The highest BCUT2D eigenvalue weighted by Gasteiger charge is 2.26. The molecule has 6 aromatic rings. The fraction of sp³-hybridized carbons (Fsp3) is 0.0370. The first-order valence-corrected chi connectivity index (χ1v) is 11.6. The van der Waals surface area contributed by atoms with Gasteiger partial charge >= 0.3 is 5.63 Å². The Morgan fingerprint density at radius 2 is 1.89 bits per heavy atom. The van der Waals surface area contributed by atoms with Crippen LogP contribution in [-0.4, -0.2) is 15.9 Å². The zero-order chi connectivity index (χ0) is 23.9.